The summed E-state index contributed by atoms with van der Waals surface area (Å²) in [5.74, 6) is 1.50. The molecule has 5 rings (SSSR count). The van der Waals surface area contributed by atoms with Crippen molar-refractivity contribution in [3.8, 4) is 22.5 Å². The van der Waals surface area contributed by atoms with Crippen molar-refractivity contribution < 1.29 is 34.5 Å². The second kappa shape index (κ2) is 8.64. The second-order valence-electron chi connectivity index (χ2n) is 8.09. The first-order valence-electron chi connectivity index (χ1n) is 10.4. The fraction of sp³-hybridized carbons (Fsp3) is 0.292. The zero-order valence-electron chi connectivity index (χ0n) is 17.0. The molecule has 1 saturated heterocycles. The number of nitrogens with zero attached hydrogens (tertiary/aromatic N) is 2. The molecule has 1 aliphatic heterocycles. The van der Waals surface area contributed by atoms with Gasteiger partial charge in [0.15, 0.2) is 0 Å². The molecule has 2 aliphatic rings. The van der Waals surface area contributed by atoms with Crippen LogP contribution in [0.2, 0.25) is 0 Å². The van der Waals surface area contributed by atoms with Gasteiger partial charge < -0.3 is 5.32 Å². The van der Waals surface area contributed by atoms with Gasteiger partial charge in [-0.3, -0.25) is 0 Å². The minimum absolute atomic E-state index is 0.591. The van der Waals surface area contributed by atoms with E-state index in [1.54, 1.807) is 12.4 Å². The molecule has 2 N–H and O–H groups in total. The van der Waals surface area contributed by atoms with Crippen LogP contribution in [0.3, 0.4) is 0 Å². The Morgan fingerprint density at radius 1 is 1.06 bits per heavy atom. The number of hydrogen-bond donors (Lipinski definition) is 2. The number of hydrogen-bond acceptors (Lipinski definition) is 6. The van der Waals surface area contributed by atoms with Crippen LogP contribution in [0.15, 0.2) is 56.4 Å². The van der Waals surface area contributed by atoms with E-state index in [4.69, 9.17) is 4.42 Å². The van der Waals surface area contributed by atoms with Crippen LogP contribution in [0.4, 0.5) is 0 Å². The maximum absolute atomic E-state index is 12.2. The number of aryl methyl sites for hydroxylation is 1. The zero-order chi connectivity index (χ0) is 21.3. The topological polar surface area (TPSA) is 87.7 Å². The Kier molecular flexibility index (Phi) is 5.73. The van der Waals surface area contributed by atoms with Gasteiger partial charge in [0.25, 0.3) is 0 Å². The third-order valence-corrected chi connectivity index (χ3v) is 7.18. The van der Waals surface area contributed by atoms with Crippen molar-refractivity contribution in [2.24, 2.45) is 3.21 Å². The molecular formula is C24H23IN3O3-. The summed E-state index contributed by atoms with van der Waals surface area (Å²) >= 11 is -1.10. The molecule has 0 bridgehead atoms. The minimum atomic E-state index is -1.10. The van der Waals surface area contributed by atoms with Crippen LogP contribution in [-0.2, 0) is 16.6 Å². The Morgan fingerprint density at radius 2 is 1.87 bits per heavy atom. The van der Waals surface area contributed by atoms with Crippen molar-refractivity contribution >= 4 is 12.0 Å². The number of furan rings is 1. The zero-order valence-corrected chi connectivity index (χ0v) is 19.1. The molecule has 1 fully saturated rings. The molecular weight excluding hydrogens is 505 g/mol. The number of rotatable bonds is 5. The monoisotopic (exact) mass is 528 g/mol. The van der Waals surface area contributed by atoms with E-state index in [0.29, 0.717) is 0 Å². The number of halogens is 1. The van der Waals surface area contributed by atoms with Gasteiger partial charge in [-0.25, -0.2) is 0 Å². The Balaban J connectivity index is 1.64. The molecule has 6 nitrogen and oxygen atoms in total. The number of piperidine rings is 1. The molecule has 0 radical (unpaired) electrons. The van der Waals surface area contributed by atoms with Crippen LogP contribution in [0.1, 0.15) is 36.1 Å². The van der Waals surface area contributed by atoms with Crippen molar-refractivity contribution in [3.63, 3.8) is 0 Å². The molecule has 0 amide bonds. The molecule has 2 aromatic heterocycles. The fourth-order valence-electron chi connectivity index (χ4n) is 4.63. The molecule has 0 atom stereocenters. The number of aldehydes is 1. The van der Waals surface area contributed by atoms with Gasteiger partial charge in [-0.1, -0.05) is 0 Å². The summed E-state index contributed by atoms with van der Waals surface area (Å²) in [7, 11) is 0. The molecule has 0 unspecified atom stereocenters. The molecule has 31 heavy (non-hydrogen) atoms. The molecule has 7 heteroatoms. The Bertz CT molecular complexity index is 1130. The summed E-state index contributed by atoms with van der Waals surface area (Å²) in [4.78, 5) is 16.3. The maximum atomic E-state index is 12.2. The van der Waals surface area contributed by atoms with Crippen LogP contribution in [0.5, 0.6) is 0 Å². The first kappa shape index (κ1) is 20.5. The normalized spacial score (nSPS) is 18.9. The van der Waals surface area contributed by atoms with E-state index in [0.717, 1.165) is 84.5 Å². The molecule has 3 heterocycles. The summed E-state index contributed by atoms with van der Waals surface area (Å²) in [5.41, 5.74) is 5.79. The van der Waals surface area contributed by atoms with E-state index in [9.17, 15) is 8.23 Å². The van der Waals surface area contributed by atoms with E-state index >= 15 is 0 Å². The number of aromatic nitrogens is 1. The Morgan fingerprint density at radius 3 is 2.61 bits per heavy atom. The standard InChI is InChI=1S/C24H23IN3O3/c29-15-24(7-11-27-12-8-24)22-14-20(23(31-22)16-5-9-26-10-6-16)18-1-3-19-17(13-18)2-4-21(19)28-25-30/h1,3,5-6,9-10,13-15,27,30H,2,4,7-8,11-12H2/q-1. The summed E-state index contributed by atoms with van der Waals surface area (Å²) in [6.45, 7) is 1.60. The number of benzene rings is 1. The number of carbonyl (C=O) groups is 1. The number of nitrogens with one attached hydrogen (secondary N) is 1. The van der Waals surface area contributed by atoms with E-state index < -0.39 is 27.3 Å². The quantitative estimate of drug-likeness (QED) is 0.372. The van der Waals surface area contributed by atoms with Gasteiger partial charge >= 0.3 is 187 Å². The van der Waals surface area contributed by atoms with Crippen molar-refractivity contribution in [1.82, 2.24) is 10.3 Å². The summed E-state index contributed by atoms with van der Waals surface area (Å²) in [6, 6.07) is 12.3. The van der Waals surface area contributed by atoms with Crippen LogP contribution >= 0.6 is 0 Å². The first-order valence-corrected chi connectivity index (χ1v) is 12.4. The molecule has 3 aromatic rings. The summed E-state index contributed by atoms with van der Waals surface area (Å²) in [6.07, 6.45) is 7.83. The van der Waals surface area contributed by atoms with Crippen molar-refractivity contribution in [1.29, 1.82) is 0 Å². The summed E-state index contributed by atoms with van der Waals surface area (Å²) in [5, 5.41) is 3.34. The van der Waals surface area contributed by atoms with Crippen molar-refractivity contribution in [2.75, 3.05) is 13.1 Å². The Labute approximate surface area is 192 Å². The number of carbonyl (C=O) groups excluding carboxylic acids is 1. The third kappa shape index (κ3) is 3.75. The second-order valence-corrected chi connectivity index (χ2v) is 9.01. The molecule has 160 valence electrons. The van der Waals surface area contributed by atoms with Gasteiger partial charge in [-0.2, -0.15) is 0 Å². The van der Waals surface area contributed by atoms with E-state index in [-0.39, 0.29) is 0 Å². The fourth-order valence-corrected chi connectivity index (χ4v) is 5.40. The summed E-state index contributed by atoms with van der Waals surface area (Å²) < 4.78 is 20.1. The first-order chi connectivity index (χ1) is 15.2. The number of fused-ring (bicyclic) bond motifs is 1. The van der Waals surface area contributed by atoms with Crippen molar-refractivity contribution in [3.05, 3.63) is 65.7 Å². The van der Waals surface area contributed by atoms with E-state index in [2.05, 4.69) is 37.8 Å². The molecule has 1 aliphatic carbocycles. The van der Waals surface area contributed by atoms with Crippen LogP contribution in [-0.4, -0.2) is 33.5 Å². The van der Waals surface area contributed by atoms with Gasteiger partial charge in [-0.15, -0.1) is 0 Å². The predicted octanol–water partition coefficient (Wildman–Crippen LogP) is 0.475. The molecule has 1 aromatic carbocycles. The van der Waals surface area contributed by atoms with Gasteiger partial charge in [0, 0.05) is 0 Å². The molecule has 0 saturated carbocycles. The average Bonchev–Trinajstić information content (AvgIpc) is 3.45. The Hall–Kier alpha value is -2.36. The SMILES string of the molecule is O=CC1(c2cc(-c3ccc4c(c3)CCC4=N[I-]O)c(-c3ccncc3)o2)CCNCC1. The number of pyridine rings is 1. The van der Waals surface area contributed by atoms with Crippen molar-refractivity contribution in [2.45, 2.75) is 31.1 Å². The van der Waals surface area contributed by atoms with Crippen LogP contribution in [0, 0.1) is 0 Å². The van der Waals surface area contributed by atoms with E-state index in [1.165, 1.54) is 5.56 Å². The van der Waals surface area contributed by atoms with Gasteiger partial charge in [0.05, 0.1) is 0 Å². The van der Waals surface area contributed by atoms with Crippen LogP contribution in [0.25, 0.3) is 22.5 Å². The van der Waals surface area contributed by atoms with Gasteiger partial charge in [0.1, 0.15) is 0 Å². The third-order valence-electron chi connectivity index (χ3n) is 6.38. The van der Waals surface area contributed by atoms with Gasteiger partial charge in [-0.05, 0) is 0 Å². The van der Waals surface area contributed by atoms with Crippen LogP contribution < -0.4 is 27.2 Å². The van der Waals surface area contributed by atoms with Gasteiger partial charge in [0.2, 0.25) is 0 Å². The molecule has 0 spiro atoms. The average molecular weight is 528 g/mol. The predicted molar refractivity (Wildman–Crippen MR) is 114 cm³/mol. The van der Waals surface area contributed by atoms with E-state index in [1.807, 2.05) is 12.1 Å².